The lowest BCUT2D eigenvalue weighted by Crippen LogP contribution is -2.04. The van der Waals surface area contributed by atoms with E-state index in [9.17, 15) is 4.79 Å². The van der Waals surface area contributed by atoms with Gasteiger partial charge in [-0.3, -0.25) is 4.57 Å². The minimum Gasteiger partial charge on any atom is -0.478 e. The highest BCUT2D eigenvalue weighted by Crippen LogP contribution is 2.19. The maximum atomic E-state index is 11.0. The summed E-state index contributed by atoms with van der Waals surface area (Å²) in [5, 5.41) is 26.7. The molecule has 2 aromatic heterocycles. The number of carboxylic acids is 1. The van der Waals surface area contributed by atoms with E-state index in [0.717, 1.165) is 6.20 Å². The van der Waals surface area contributed by atoms with Gasteiger partial charge in [0.25, 0.3) is 0 Å². The van der Waals surface area contributed by atoms with E-state index in [0.29, 0.717) is 0 Å². The maximum Gasteiger partial charge on any atom is 0.337 e. The second kappa shape index (κ2) is 4.77. The molecule has 8 heteroatoms. The first kappa shape index (κ1) is 12.6. The number of nitriles is 2. The molecule has 0 unspecified atom stereocenters. The van der Waals surface area contributed by atoms with Gasteiger partial charge < -0.3 is 5.11 Å². The first-order chi connectivity index (χ1) is 9.08. The first-order valence-corrected chi connectivity index (χ1v) is 5.23. The average molecular weight is 274 g/mol. The van der Waals surface area contributed by atoms with Crippen molar-refractivity contribution in [2.75, 3.05) is 0 Å². The second-order valence-corrected chi connectivity index (χ2v) is 3.77. The Balaban J connectivity index is 2.65. The van der Waals surface area contributed by atoms with E-state index in [1.165, 1.54) is 17.0 Å². The molecule has 0 fully saturated rings. The SMILES string of the molecule is N#Cc1ncn(-c2cc(C(=O)O)c(Cl)cn2)c1C#N. The molecular formula is C11H4ClN5O2. The normalized spacial score (nSPS) is 9.63. The van der Waals surface area contributed by atoms with Crippen molar-refractivity contribution in [3.63, 3.8) is 0 Å². The number of carboxylic acid groups (broad SMARTS) is 1. The molecule has 2 aromatic rings. The summed E-state index contributed by atoms with van der Waals surface area (Å²) in [5.74, 6) is -1.07. The molecule has 0 saturated carbocycles. The number of rotatable bonds is 2. The highest BCUT2D eigenvalue weighted by Gasteiger charge is 2.16. The zero-order chi connectivity index (χ0) is 14.0. The van der Waals surface area contributed by atoms with Gasteiger partial charge in [-0.25, -0.2) is 14.8 Å². The van der Waals surface area contributed by atoms with Crippen molar-refractivity contribution in [2.45, 2.75) is 0 Å². The molecule has 0 aromatic carbocycles. The molecule has 7 nitrogen and oxygen atoms in total. The second-order valence-electron chi connectivity index (χ2n) is 3.36. The van der Waals surface area contributed by atoms with Crippen molar-refractivity contribution in [2.24, 2.45) is 0 Å². The molecule has 0 spiro atoms. The van der Waals surface area contributed by atoms with Gasteiger partial charge in [0.1, 0.15) is 24.3 Å². The van der Waals surface area contributed by atoms with Gasteiger partial charge in [0.05, 0.1) is 10.6 Å². The lowest BCUT2D eigenvalue weighted by Gasteiger charge is -2.05. The van der Waals surface area contributed by atoms with Gasteiger partial charge in [-0.15, -0.1) is 0 Å². The molecule has 0 atom stereocenters. The van der Waals surface area contributed by atoms with Crippen LogP contribution in [0.2, 0.25) is 5.02 Å². The largest absolute Gasteiger partial charge is 0.478 e. The van der Waals surface area contributed by atoms with Gasteiger partial charge in [0.2, 0.25) is 0 Å². The van der Waals surface area contributed by atoms with Crippen LogP contribution >= 0.6 is 11.6 Å². The van der Waals surface area contributed by atoms with Crippen LogP contribution in [0.25, 0.3) is 5.82 Å². The third-order valence-corrected chi connectivity index (χ3v) is 2.60. The van der Waals surface area contributed by atoms with E-state index in [1.54, 1.807) is 6.07 Å². The van der Waals surface area contributed by atoms with Crippen LogP contribution in [0.4, 0.5) is 0 Å². The van der Waals surface area contributed by atoms with E-state index in [2.05, 4.69) is 9.97 Å². The summed E-state index contributed by atoms with van der Waals surface area (Å²) < 4.78 is 1.22. The maximum absolute atomic E-state index is 11.0. The number of aromatic carboxylic acids is 1. The Bertz CT molecular complexity index is 753. The van der Waals surface area contributed by atoms with Crippen LogP contribution in [0.5, 0.6) is 0 Å². The molecule has 0 radical (unpaired) electrons. The molecule has 1 N–H and O–H groups in total. The van der Waals surface area contributed by atoms with Gasteiger partial charge in [-0.2, -0.15) is 10.5 Å². The Morgan fingerprint density at radius 1 is 1.37 bits per heavy atom. The van der Waals surface area contributed by atoms with E-state index >= 15 is 0 Å². The fraction of sp³-hybridized carbons (Fsp3) is 0. The third-order valence-electron chi connectivity index (χ3n) is 2.30. The Morgan fingerprint density at radius 2 is 2.11 bits per heavy atom. The zero-order valence-corrected chi connectivity index (χ0v) is 9.96. The van der Waals surface area contributed by atoms with Gasteiger partial charge in [0.15, 0.2) is 11.4 Å². The van der Waals surface area contributed by atoms with E-state index < -0.39 is 5.97 Å². The standard InChI is InChI=1S/C11H4ClN5O2/c12-7-4-15-10(1-6(7)11(18)19)17-5-16-8(2-13)9(17)3-14/h1,4-5H,(H,18,19). The van der Waals surface area contributed by atoms with E-state index in [4.69, 9.17) is 27.2 Å². The predicted octanol–water partition coefficient (Wildman–Crippen LogP) is 1.36. The van der Waals surface area contributed by atoms with Crippen molar-refractivity contribution >= 4 is 17.6 Å². The van der Waals surface area contributed by atoms with Crippen molar-refractivity contribution in [3.8, 4) is 18.0 Å². The minimum absolute atomic E-state index is 0.0182. The molecule has 0 amide bonds. The van der Waals surface area contributed by atoms with Crippen LogP contribution < -0.4 is 0 Å². The lowest BCUT2D eigenvalue weighted by atomic mass is 10.2. The molecule has 19 heavy (non-hydrogen) atoms. The number of nitrogens with zero attached hydrogens (tertiary/aromatic N) is 5. The Labute approximate surface area is 111 Å². The average Bonchev–Trinajstić information content (AvgIpc) is 2.81. The summed E-state index contributed by atoms with van der Waals surface area (Å²) in [5.41, 5.74) is -0.229. The van der Waals surface area contributed by atoms with Crippen LogP contribution in [0.3, 0.4) is 0 Å². The summed E-state index contributed by atoms with van der Waals surface area (Å²) in [6, 6.07) is 4.78. The molecule has 0 aliphatic rings. The summed E-state index contributed by atoms with van der Waals surface area (Å²) in [6.45, 7) is 0. The molecule has 0 saturated heterocycles. The quantitative estimate of drug-likeness (QED) is 0.883. The van der Waals surface area contributed by atoms with Crippen LogP contribution in [0.15, 0.2) is 18.6 Å². The number of halogens is 1. The molecule has 2 rings (SSSR count). The number of imidazole rings is 1. The Kier molecular flexibility index (Phi) is 3.15. The molecule has 0 aliphatic carbocycles. The fourth-order valence-corrected chi connectivity index (χ4v) is 1.62. The molecule has 0 aliphatic heterocycles. The highest BCUT2D eigenvalue weighted by atomic mass is 35.5. The van der Waals surface area contributed by atoms with Crippen LogP contribution in [-0.4, -0.2) is 25.6 Å². The fourth-order valence-electron chi connectivity index (χ4n) is 1.43. The van der Waals surface area contributed by atoms with Gasteiger partial charge in [-0.05, 0) is 6.07 Å². The van der Waals surface area contributed by atoms with E-state index in [-0.39, 0.29) is 27.8 Å². The van der Waals surface area contributed by atoms with Crippen LogP contribution in [0, 0.1) is 22.7 Å². The molecule has 92 valence electrons. The Morgan fingerprint density at radius 3 is 2.68 bits per heavy atom. The molecular weight excluding hydrogens is 270 g/mol. The number of carbonyl (C=O) groups is 1. The van der Waals surface area contributed by atoms with Crippen molar-refractivity contribution in [1.29, 1.82) is 10.5 Å². The summed E-state index contributed by atoms with van der Waals surface area (Å²) >= 11 is 5.70. The minimum atomic E-state index is -1.22. The zero-order valence-electron chi connectivity index (χ0n) is 9.20. The molecule has 0 bridgehead atoms. The Hall–Kier alpha value is -2.90. The lowest BCUT2D eigenvalue weighted by molar-refractivity contribution is 0.0697. The van der Waals surface area contributed by atoms with Crippen LogP contribution in [0.1, 0.15) is 21.7 Å². The predicted molar refractivity (Wildman–Crippen MR) is 62.8 cm³/mol. The van der Waals surface area contributed by atoms with Crippen molar-refractivity contribution in [3.05, 3.63) is 40.6 Å². The monoisotopic (exact) mass is 273 g/mol. The molecule has 2 heterocycles. The topological polar surface area (TPSA) is 116 Å². The van der Waals surface area contributed by atoms with Gasteiger partial charge in [0, 0.05) is 6.20 Å². The smallest absolute Gasteiger partial charge is 0.337 e. The number of pyridine rings is 1. The summed E-state index contributed by atoms with van der Waals surface area (Å²) in [6.07, 6.45) is 2.38. The number of hydrogen-bond donors (Lipinski definition) is 1. The number of aromatic nitrogens is 3. The third kappa shape index (κ3) is 2.10. The van der Waals surface area contributed by atoms with Gasteiger partial charge in [-0.1, -0.05) is 11.6 Å². The van der Waals surface area contributed by atoms with Gasteiger partial charge >= 0.3 is 5.97 Å². The first-order valence-electron chi connectivity index (χ1n) is 4.85. The van der Waals surface area contributed by atoms with E-state index in [1.807, 2.05) is 6.07 Å². The van der Waals surface area contributed by atoms with Crippen molar-refractivity contribution < 1.29 is 9.90 Å². The number of hydrogen-bond acceptors (Lipinski definition) is 5. The highest BCUT2D eigenvalue weighted by molar-refractivity contribution is 6.33. The van der Waals surface area contributed by atoms with Crippen LogP contribution in [-0.2, 0) is 0 Å². The summed E-state index contributed by atoms with van der Waals surface area (Å²) in [4.78, 5) is 18.6. The van der Waals surface area contributed by atoms with Crippen molar-refractivity contribution in [1.82, 2.24) is 14.5 Å². The summed E-state index contributed by atoms with van der Waals surface area (Å²) in [7, 11) is 0.